The SMILES string of the molecule is O=C(N[C@@]1(c2ccccc2)CCN(C(=O)c2cccs2)C[C@H]1O)c1cnccn1. The number of hydrogen-bond donors (Lipinski definition) is 2. The van der Waals surface area contributed by atoms with Gasteiger partial charge in [-0.15, -0.1) is 11.3 Å². The summed E-state index contributed by atoms with van der Waals surface area (Å²) in [4.78, 5) is 35.8. The molecule has 2 atom stereocenters. The average molecular weight is 408 g/mol. The fourth-order valence-electron chi connectivity index (χ4n) is 3.65. The molecule has 3 heterocycles. The van der Waals surface area contributed by atoms with Crippen LogP contribution >= 0.6 is 11.3 Å². The lowest BCUT2D eigenvalue weighted by Gasteiger charge is -2.46. The van der Waals surface area contributed by atoms with E-state index in [1.165, 1.54) is 29.9 Å². The summed E-state index contributed by atoms with van der Waals surface area (Å²) in [5, 5.41) is 16.0. The van der Waals surface area contributed by atoms with Crippen molar-refractivity contribution in [1.29, 1.82) is 0 Å². The Kier molecular flexibility index (Phi) is 5.37. The van der Waals surface area contributed by atoms with Crippen molar-refractivity contribution in [3.05, 3.63) is 82.6 Å². The van der Waals surface area contributed by atoms with Crippen LogP contribution in [-0.4, -0.2) is 51.0 Å². The summed E-state index contributed by atoms with van der Waals surface area (Å²) in [5.74, 6) is -0.528. The number of β-amino-alcohol motifs (C(OH)–C–C–N with tert-alkyl or cyclic N) is 1. The fraction of sp³-hybridized carbons (Fsp3) is 0.238. The van der Waals surface area contributed by atoms with Crippen LogP contribution in [-0.2, 0) is 5.54 Å². The van der Waals surface area contributed by atoms with Gasteiger partial charge in [0.25, 0.3) is 11.8 Å². The normalized spacial score (nSPS) is 21.6. The van der Waals surface area contributed by atoms with E-state index in [1.54, 1.807) is 11.0 Å². The van der Waals surface area contributed by atoms with Crippen molar-refractivity contribution < 1.29 is 14.7 Å². The molecule has 0 aliphatic carbocycles. The molecule has 1 saturated heterocycles. The molecular formula is C21H20N4O3S. The molecule has 1 fully saturated rings. The number of likely N-dealkylation sites (tertiary alicyclic amines) is 1. The van der Waals surface area contributed by atoms with E-state index in [2.05, 4.69) is 15.3 Å². The highest BCUT2D eigenvalue weighted by atomic mass is 32.1. The van der Waals surface area contributed by atoms with Gasteiger partial charge in [-0.1, -0.05) is 36.4 Å². The van der Waals surface area contributed by atoms with Crippen molar-refractivity contribution in [2.24, 2.45) is 0 Å². The average Bonchev–Trinajstić information content (AvgIpc) is 3.31. The molecule has 4 rings (SSSR count). The molecule has 1 aliphatic heterocycles. The van der Waals surface area contributed by atoms with Gasteiger partial charge in [-0.3, -0.25) is 14.6 Å². The first kappa shape index (κ1) is 19.2. The Balaban J connectivity index is 1.62. The third-order valence-electron chi connectivity index (χ3n) is 5.18. The molecule has 0 unspecified atom stereocenters. The summed E-state index contributed by atoms with van der Waals surface area (Å²) >= 11 is 1.37. The number of nitrogens with zero attached hydrogens (tertiary/aromatic N) is 3. The first-order valence-electron chi connectivity index (χ1n) is 9.25. The number of piperidine rings is 1. The summed E-state index contributed by atoms with van der Waals surface area (Å²) in [6, 6.07) is 12.9. The van der Waals surface area contributed by atoms with E-state index in [1.807, 2.05) is 41.8 Å². The zero-order valence-electron chi connectivity index (χ0n) is 15.6. The van der Waals surface area contributed by atoms with Gasteiger partial charge in [0.1, 0.15) is 5.69 Å². The summed E-state index contributed by atoms with van der Waals surface area (Å²) in [7, 11) is 0. The Morgan fingerprint density at radius 2 is 2.00 bits per heavy atom. The van der Waals surface area contributed by atoms with Crippen LogP contribution in [0.15, 0.2) is 66.4 Å². The Bertz CT molecular complexity index is 982. The molecule has 2 aromatic heterocycles. The first-order valence-corrected chi connectivity index (χ1v) is 10.1. The topological polar surface area (TPSA) is 95.4 Å². The fourth-order valence-corrected chi connectivity index (χ4v) is 4.34. The standard InChI is InChI=1S/C21H20N4O3S/c26-18-14-25(20(28)17-7-4-12-29-17)11-8-21(18,15-5-2-1-3-6-15)24-19(27)16-13-22-9-10-23-16/h1-7,9-10,12-13,18,26H,8,11,14H2,(H,24,27)/t18-,21-/m1/s1. The number of carbonyl (C=O) groups is 2. The van der Waals surface area contributed by atoms with Crippen molar-refractivity contribution in [1.82, 2.24) is 20.2 Å². The van der Waals surface area contributed by atoms with Crippen molar-refractivity contribution in [3.63, 3.8) is 0 Å². The zero-order chi connectivity index (χ0) is 20.3. The third kappa shape index (κ3) is 3.76. The number of aliphatic hydroxyl groups is 1. The molecule has 0 spiro atoms. The number of nitrogens with one attached hydrogen (secondary N) is 1. The van der Waals surface area contributed by atoms with Crippen LogP contribution < -0.4 is 5.32 Å². The molecule has 29 heavy (non-hydrogen) atoms. The lowest BCUT2D eigenvalue weighted by atomic mass is 9.78. The molecule has 1 aliphatic rings. The third-order valence-corrected chi connectivity index (χ3v) is 6.04. The summed E-state index contributed by atoms with van der Waals surface area (Å²) in [6.45, 7) is 0.524. The molecule has 0 saturated carbocycles. The van der Waals surface area contributed by atoms with E-state index in [9.17, 15) is 14.7 Å². The molecule has 8 heteroatoms. The second-order valence-electron chi connectivity index (χ2n) is 6.88. The van der Waals surface area contributed by atoms with E-state index in [4.69, 9.17) is 0 Å². The smallest absolute Gasteiger partial charge is 0.272 e. The van der Waals surface area contributed by atoms with Crippen LogP contribution in [0, 0.1) is 0 Å². The predicted molar refractivity (Wildman–Crippen MR) is 108 cm³/mol. The number of amides is 2. The Morgan fingerprint density at radius 3 is 2.66 bits per heavy atom. The number of carbonyl (C=O) groups excluding carboxylic acids is 2. The summed E-state index contributed by atoms with van der Waals surface area (Å²) in [5.41, 5.74) is -0.0673. The van der Waals surface area contributed by atoms with Crippen LogP contribution in [0.25, 0.3) is 0 Å². The van der Waals surface area contributed by atoms with Crippen LogP contribution in [0.2, 0.25) is 0 Å². The molecule has 148 valence electrons. The van der Waals surface area contributed by atoms with Gasteiger partial charge in [-0.05, 0) is 23.4 Å². The molecule has 3 aromatic rings. The highest BCUT2D eigenvalue weighted by molar-refractivity contribution is 7.12. The monoisotopic (exact) mass is 408 g/mol. The van der Waals surface area contributed by atoms with Crippen LogP contribution in [0.5, 0.6) is 0 Å². The van der Waals surface area contributed by atoms with E-state index < -0.39 is 17.6 Å². The largest absolute Gasteiger partial charge is 0.388 e. The maximum atomic E-state index is 12.8. The molecular weight excluding hydrogens is 388 g/mol. The van der Waals surface area contributed by atoms with Gasteiger partial charge in [0.05, 0.1) is 22.7 Å². The van der Waals surface area contributed by atoms with E-state index in [-0.39, 0.29) is 18.1 Å². The molecule has 2 amide bonds. The minimum atomic E-state index is -1.03. The predicted octanol–water partition coefficient (Wildman–Crippen LogP) is 2.07. The van der Waals surface area contributed by atoms with E-state index in [0.717, 1.165) is 5.56 Å². The van der Waals surface area contributed by atoms with E-state index in [0.29, 0.717) is 17.8 Å². The van der Waals surface area contributed by atoms with Gasteiger partial charge < -0.3 is 15.3 Å². The van der Waals surface area contributed by atoms with Crippen molar-refractivity contribution in [3.8, 4) is 0 Å². The van der Waals surface area contributed by atoms with Gasteiger partial charge in [0, 0.05) is 25.5 Å². The van der Waals surface area contributed by atoms with Crippen LogP contribution in [0.1, 0.15) is 32.1 Å². The first-order chi connectivity index (χ1) is 14.1. The Labute approximate surface area is 172 Å². The second kappa shape index (κ2) is 8.10. The quantitative estimate of drug-likeness (QED) is 0.689. The summed E-state index contributed by atoms with van der Waals surface area (Å²) < 4.78 is 0. The number of aromatic nitrogens is 2. The van der Waals surface area contributed by atoms with Gasteiger partial charge in [-0.2, -0.15) is 0 Å². The molecule has 1 aromatic carbocycles. The van der Waals surface area contributed by atoms with Gasteiger partial charge in [-0.25, -0.2) is 4.98 Å². The minimum absolute atomic E-state index is 0.110. The Hall–Kier alpha value is -3.10. The highest BCUT2D eigenvalue weighted by Gasteiger charge is 2.46. The number of aliphatic hydroxyl groups excluding tert-OH is 1. The summed E-state index contributed by atoms with van der Waals surface area (Å²) in [6.07, 6.45) is 3.72. The Morgan fingerprint density at radius 1 is 1.17 bits per heavy atom. The zero-order valence-corrected chi connectivity index (χ0v) is 16.4. The minimum Gasteiger partial charge on any atom is -0.388 e. The number of benzene rings is 1. The van der Waals surface area contributed by atoms with Gasteiger partial charge in [0.15, 0.2) is 0 Å². The van der Waals surface area contributed by atoms with Crippen LogP contribution in [0.4, 0.5) is 0 Å². The van der Waals surface area contributed by atoms with Crippen LogP contribution in [0.3, 0.4) is 0 Å². The molecule has 0 radical (unpaired) electrons. The van der Waals surface area contributed by atoms with Crippen molar-refractivity contribution in [2.75, 3.05) is 13.1 Å². The number of thiophene rings is 1. The van der Waals surface area contributed by atoms with Crippen molar-refractivity contribution >= 4 is 23.2 Å². The maximum Gasteiger partial charge on any atom is 0.272 e. The molecule has 2 N–H and O–H groups in total. The second-order valence-corrected chi connectivity index (χ2v) is 7.82. The highest BCUT2D eigenvalue weighted by Crippen LogP contribution is 2.34. The van der Waals surface area contributed by atoms with Gasteiger partial charge in [0.2, 0.25) is 0 Å². The number of rotatable bonds is 4. The van der Waals surface area contributed by atoms with Crippen molar-refractivity contribution in [2.45, 2.75) is 18.1 Å². The maximum absolute atomic E-state index is 12.8. The lowest BCUT2D eigenvalue weighted by molar-refractivity contribution is -0.0106. The molecule has 0 bridgehead atoms. The number of hydrogen-bond acceptors (Lipinski definition) is 6. The molecule has 7 nitrogen and oxygen atoms in total. The van der Waals surface area contributed by atoms with E-state index >= 15 is 0 Å². The lowest BCUT2D eigenvalue weighted by Crippen LogP contribution is -2.62. The van der Waals surface area contributed by atoms with Gasteiger partial charge >= 0.3 is 0 Å².